The zero-order valence-corrected chi connectivity index (χ0v) is 37.8. The van der Waals surface area contributed by atoms with Gasteiger partial charge in [-0.15, -0.1) is 0 Å². The Hall–Kier alpha value is -3.29. The Kier molecular flexibility index (Phi) is 13.7. The number of unbranched alkanes of at least 4 members (excludes halogenated alkanes) is 1. The fourth-order valence-electron chi connectivity index (χ4n) is 8.35. The summed E-state index contributed by atoms with van der Waals surface area (Å²) in [5, 5.41) is 1.51. The van der Waals surface area contributed by atoms with Crippen LogP contribution in [-0.2, 0) is 27.7 Å². The third kappa shape index (κ3) is 8.60. The molecular weight excluding hydrogens is 846 g/mol. The number of hydrogen-bond acceptors (Lipinski definition) is 0. The second-order valence-corrected chi connectivity index (χ2v) is 22.4. The summed E-state index contributed by atoms with van der Waals surface area (Å²) in [5.74, 6) is 0.399. The summed E-state index contributed by atoms with van der Waals surface area (Å²) in [6, 6.07) is 51.2. The van der Waals surface area contributed by atoms with Crippen LogP contribution in [0, 0.1) is 11.3 Å². The van der Waals surface area contributed by atoms with Crippen molar-refractivity contribution >= 4 is 29.7 Å². The van der Waals surface area contributed by atoms with Crippen molar-refractivity contribution < 1.29 is 46.1 Å². The van der Waals surface area contributed by atoms with E-state index in [4.69, 9.17) is 23.2 Å². The standard InChI is InChI=1S/C25H17.C13H8Cl2.C13H21.2ClH.Zr/c1-3-7-18(8-4-1)20-11-13-24-22(15-20)17-23-16-21(12-14-25(23)24)19-9-5-2-6-10-19;14-12-5-1-10(2-6-12)9-11-3-7-13(15)8-4-11;1-5-6-7-11-8-9-12(10-11)13(2,3)4;;;/h1-15H,17H2;1-8H;9-11H,5-7H2,1-4H3;2*1H;/q;;;;;+2/p-2. The molecule has 1 unspecified atom stereocenters. The van der Waals surface area contributed by atoms with Gasteiger partial charge in [-0.3, -0.25) is 0 Å². The van der Waals surface area contributed by atoms with Crippen molar-refractivity contribution in [2.75, 3.05) is 0 Å². The first-order valence-corrected chi connectivity index (χ1v) is 23.7. The minimum Gasteiger partial charge on any atom is -1.00 e. The van der Waals surface area contributed by atoms with Gasteiger partial charge in [0.15, 0.2) is 0 Å². The van der Waals surface area contributed by atoms with Gasteiger partial charge >= 0.3 is 342 Å². The molecule has 0 nitrogen and oxygen atoms in total. The molecule has 6 aromatic carbocycles. The van der Waals surface area contributed by atoms with E-state index in [9.17, 15) is 0 Å². The molecular formula is C51H46Cl4Zr. The number of fused-ring (bicyclic) bond motifs is 3. The van der Waals surface area contributed by atoms with E-state index in [1.165, 1.54) is 77.3 Å². The predicted octanol–water partition coefficient (Wildman–Crippen LogP) is 8.10. The van der Waals surface area contributed by atoms with Gasteiger partial charge < -0.3 is 24.8 Å². The van der Waals surface area contributed by atoms with Crippen molar-refractivity contribution in [3.8, 4) is 33.4 Å². The Morgan fingerprint density at radius 1 is 0.643 bits per heavy atom. The Labute approximate surface area is 363 Å². The predicted molar refractivity (Wildman–Crippen MR) is 230 cm³/mol. The molecule has 0 aliphatic heterocycles. The second kappa shape index (κ2) is 18.1. The van der Waals surface area contributed by atoms with Crippen LogP contribution in [0.3, 0.4) is 0 Å². The van der Waals surface area contributed by atoms with Gasteiger partial charge in [-0.05, 0) is 0 Å². The molecule has 1 atom stereocenters. The van der Waals surface area contributed by atoms with Gasteiger partial charge in [0, 0.05) is 0 Å². The van der Waals surface area contributed by atoms with E-state index in [1.54, 1.807) is 6.55 Å². The molecule has 0 fully saturated rings. The number of rotatable bonds is 9. The first-order chi connectivity index (χ1) is 26.2. The van der Waals surface area contributed by atoms with Crippen LogP contribution in [0.5, 0.6) is 0 Å². The summed E-state index contributed by atoms with van der Waals surface area (Å²) in [4.78, 5) is 0. The molecule has 56 heavy (non-hydrogen) atoms. The van der Waals surface area contributed by atoms with E-state index in [0.717, 1.165) is 22.9 Å². The SMILES string of the molecule is CCCCC1C=C(C(C)(C)C)C=[C]1[Zr+2](=[C](c1ccc(Cl)cc1)c1ccc(Cl)cc1)[c]1c(-c2ccccc2)ccc2c1Cc1cc(-c3ccccc3)ccc1-2.[Cl-].[Cl-]. The molecule has 8 rings (SSSR count). The first kappa shape index (κ1) is 42.3. The normalized spacial score (nSPS) is 14.0. The summed E-state index contributed by atoms with van der Waals surface area (Å²) in [5.41, 5.74) is 14.9. The molecule has 282 valence electrons. The Bertz CT molecular complexity index is 2370. The average Bonchev–Trinajstić information content (AvgIpc) is 3.79. The molecule has 0 spiro atoms. The molecule has 0 heterocycles. The molecule has 0 aromatic heterocycles. The molecule has 2 aliphatic carbocycles. The summed E-state index contributed by atoms with van der Waals surface area (Å²) in [7, 11) is 0. The van der Waals surface area contributed by atoms with Crippen LogP contribution < -0.4 is 28.1 Å². The summed E-state index contributed by atoms with van der Waals surface area (Å²) in [6.07, 6.45) is 9.77. The number of benzene rings is 6. The number of allylic oxidation sites excluding steroid dienone is 4. The summed E-state index contributed by atoms with van der Waals surface area (Å²) < 4.78 is 4.74. The summed E-state index contributed by atoms with van der Waals surface area (Å²) in [6.45, 7) is 9.44. The molecule has 5 heteroatoms. The Morgan fingerprint density at radius 3 is 1.77 bits per heavy atom. The van der Waals surface area contributed by atoms with Crippen molar-refractivity contribution in [1.29, 1.82) is 0 Å². The van der Waals surface area contributed by atoms with Gasteiger partial charge in [0.2, 0.25) is 0 Å². The van der Waals surface area contributed by atoms with Crippen LogP contribution >= 0.6 is 23.2 Å². The number of hydrogen-bond donors (Lipinski definition) is 0. The summed E-state index contributed by atoms with van der Waals surface area (Å²) >= 11 is 10.0. The largest absolute Gasteiger partial charge is 1.00 e. The molecule has 0 saturated carbocycles. The second-order valence-electron chi connectivity index (χ2n) is 15.8. The van der Waals surface area contributed by atoms with Crippen molar-refractivity contribution in [3.63, 3.8) is 0 Å². The van der Waals surface area contributed by atoms with Crippen molar-refractivity contribution in [2.45, 2.75) is 53.4 Å². The average molecular weight is 892 g/mol. The van der Waals surface area contributed by atoms with Crippen LogP contribution in [0.4, 0.5) is 0 Å². The van der Waals surface area contributed by atoms with Crippen LogP contribution in [0.1, 0.15) is 69.2 Å². The zero-order valence-electron chi connectivity index (χ0n) is 32.4. The maximum atomic E-state index is 6.62. The Morgan fingerprint density at radius 2 is 1.20 bits per heavy atom. The van der Waals surface area contributed by atoms with Gasteiger partial charge in [-0.2, -0.15) is 0 Å². The fourth-order valence-corrected chi connectivity index (χ4v) is 17.6. The number of halogens is 4. The van der Waals surface area contributed by atoms with Gasteiger partial charge in [-0.25, -0.2) is 0 Å². The van der Waals surface area contributed by atoms with E-state index in [0.29, 0.717) is 5.92 Å². The third-order valence-electron chi connectivity index (χ3n) is 11.1. The van der Waals surface area contributed by atoms with E-state index in [2.05, 4.69) is 179 Å². The van der Waals surface area contributed by atoms with Crippen LogP contribution in [0.25, 0.3) is 33.4 Å². The van der Waals surface area contributed by atoms with Gasteiger partial charge in [0.1, 0.15) is 0 Å². The van der Waals surface area contributed by atoms with E-state index >= 15 is 0 Å². The van der Waals surface area contributed by atoms with Gasteiger partial charge in [0.25, 0.3) is 0 Å². The van der Waals surface area contributed by atoms with Crippen LogP contribution in [-0.4, -0.2) is 3.21 Å². The smallest absolute Gasteiger partial charge is 1.00 e. The molecule has 0 radical (unpaired) electrons. The molecule has 0 amide bonds. The fraction of sp³-hybridized carbons (Fsp3) is 0.196. The maximum absolute atomic E-state index is 6.62. The molecule has 6 aromatic rings. The van der Waals surface area contributed by atoms with Crippen molar-refractivity contribution in [3.05, 3.63) is 193 Å². The molecule has 0 saturated heterocycles. The van der Waals surface area contributed by atoms with Crippen LogP contribution in [0.15, 0.2) is 161 Å². The van der Waals surface area contributed by atoms with Crippen LogP contribution in [0.2, 0.25) is 10.0 Å². The van der Waals surface area contributed by atoms with Crippen molar-refractivity contribution in [2.24, 2.45) is 11.3 Å². The van der Waals surface area contributed by atoms with E-state index < -0.39 is 21.3 Å². The van der Waals surface area contributed by atoms with Gasteiger partial charge in [-0.1, -0.05) is 0 Å². The first-order valence-electron chi connectivity index (χ1n) is 19.3. The van der Waals surface area contributed by atoms with Gasteiger partial charge in [0.05, 0.1) is 0 Å². The Balaban J connectivity index is 0.00000266. The maximum Gasteiger partial charge on any atom is -1.00 e. The zero-order chi connectivity index (χ0) is 37.4. The minimum atomic E-state index is -3.20. The quantitative estimate of drug-likeness (QED) is 0.138. The van der Waals surface area contributed by atoms with E-state index in [-0.39, 0.29) is 30.2 Å². The molecule has 0 bridgehead atoms. The molecule has 0 N–H and O–H groups in total. The van der Waals surface area contributed by atoms with Crippen molar-refractivity contribution in [1.82, 2.24) is 0 Å². The third-order valence-corrected chi connectivity index (χ3v) is 19.6. The topological polar surface area (TPSA) is 0 Å². The van der Waals surface area contributed by atoms with E-state index in [1.807, 2.05) is 0 Å². The molecule has 2 aliphatic rings. The minimum absolute atomic E-state index is 0. The monoisotopic (exact) mass is 888 g/mol.